The summed E-state index contributed by atoms with van der Waals surface area (Å²) in [6.07, 6.45) is 1.39. The van der Waals surface area contributed by atoms with E-state index >= 15 is 0 Å². The minimum atomic E-state index is -0.699. The highest BCUT2D eigenvalue weighted by molar-refractivity contribution is 6.31. The van der Waals surface area contributed by atoms with E-state index in [1.165, 1.54) is 26.5 Å². The lowest BCUT2D eigenvalue weighted by atomic mass is 10.1. The summed E-state index contributed by atoms with van der Waals surface area (Å²) in [4.78, 5) is 0. The second-order valence-electron chi connectivity index (χ2n) is 3.39. The molecule has 0 radical (unpaired) electrons. The molecule has 0 spiro atoms. The largest absolute Gasteiger partial charge is 0.492 e. The van der Waals surface area contributed by atoms with Crippen LogP contribution < -0.4 is 15.2 Å². The van der Waals surface area contributed by atoms with Gasteiger partial charge in [-0.1, -0.05) is 16.8 Å². The van der Waals surface area contributed by atoms with Gasteiger partial charge in [0.15, 0.2) is 17.3 Å². The van der Waals surface area contributed by atoms with Crippen LogP contribution in [0.4, 0.5) is 10.3 Å². The van der Waals surface area contributed by atoms with E-state index in [0.717, 1.165) is 0 Å². The summed E-state index contributed by atoms with van der Waals surface area (Å²) in [6.45, 7) is 0. The van der Waals surface area contributed by atoms with Crippen molar-refractivity contribution in [2.75, 3.05) is 20.0 Å². The molecule has 7 heteroatoms. The Kier molecular flexibility index (Phi) is 3.29. The topological polar surface area (TPSA) is 70.5 Å². The average Bonchev–Trinajstić information content (AvgIpc) is 2.78. The van der Waals surface area contributed by atoms with Gasteiger partial charge >= 0.3 is 0 Å². The van der Waals surface area contributed by atoms with Crippen molar-refractivity contribution in [2.24, 2.45) is 0 Å². The summed E-state index contributed by atoms with van der Waals surface area (Å²) in [5.41, 5.74) is 6.51. The van der Waals surface area contributed by atoms with Crippen molar-refractivity contribution in [2.45, 2.75) is 0 Å². The predicted octanol–water partition coefficient (Wildman–Crippen LogP) is 2.73. The molecule has 0 aliphatic carbocycles. The van der Waals surface area contributed by atoms with Crippen molar-refractivity contribution in [3.8, 4) is 22.6 Å². The molecular formula is C11H10ClFN2O3. The summed E-state index contributed by atoms with van der Waals surface area (Å²) in [7, 11) is 2.70. The summed E-state index contributed by atoms with van der Waals surface area (Å²) < 4.78 is 28.6. The van der Waals surface area contributed by atoms with Gasteiger partial charge in [-0.25, -0.2) is 4.39 Å². The Morgan fingerprint density at radius 1 is 1.28 bits per heavy atom. The van der Waals surface area contributed by atoms with E-state index < -0.39 is 5.82 Å². The lowest BCUT2D eigenvalue weighted by Crippen LogP contribution is -1.98. The van der Waals surface area contributed by atoms with Crippen molar-refractivity contribution in [1.29, 1.82) is 0 Å². The Hall–Kier alpha value is -1.95. The number of nitrogen functional groups attached to an aromatic ring is 1. The first kappa shape index (κ1) is 12.5. The standard InChI is InChI=1S/C11H10ClFN2O3/c1-16-9-5(6-4-15-18-11(6)14)3-7(12)8(13)10(9)17-2/h3-4H,14H2,1-2H3. The minimum absolute atomic E-state index is 0.0815. The fourth-order valence-corrected chi connectivity index (χ4v) is 1.82. The second kappa shape index (κ2) is 4.73. The van der Waals surface area contributed by atoms with E-state index in [0.29, 0.717) is 11.1 Å². The zero-order chi connectivity index (χ0) is 13.3. The Bertz CT molecular complexity index is 586. The SMILES string of the molecule is COc1c(-c2cnoc2N)cc(Cl)c(F)c1OC. The van der Waals surface area contributed by atoms with E-state index in [1.807, 2.05) is 0 Å². The first-order valence-electron chi connectivity index (χ1n) is 4.90. The van der Waals surface area contributed by atoms with Crippen LogP contribution in [-0.4, -0.2) is 19.4 Å². The molecule has 5 nitrogen and oxygen atoms in total. The van der Waals surface area contributed by atoms with Crippen molar-refractivity contribution >= 4 is 17.5 Å². The minimum Gasteiger partial charge on any atom is -0.492 e. The van der Waals surface area contributed by atoms with Gasteiger partial charge in [0.05, 0.1) is 31.0 Å². The van der Waals surface area contributed by atoms with E-state index in [-0.39, 0.29) is 22.4 Å². The van der Waals surface area contributed by atoms with Crippen LogP contribution in [0.25, 0.3) is 11.1 Å². The summed E-state index contributed by atoms with van der Waals surface area (Å²) in [5, 5.41) is 3.44. The maximum absolute atomic E-state index is 13.8. The fraction of sp³-hybridized carbons (Fsp3) is 0.182. The lowest BCUT2D eigenvalue weighted by Gasteiger charge is -2.13. The monoisotopic (exact) mass is 272 g/mol. The van der Waals surface area contributed by atoms with Gasteiger partial charge in [-0.2, -0.15) is 0 Å². The van der Waals surface area contributed by atoms with Crippen molar-refractivity contribution < 1.29 is 18.4 Å². The number of anilines is 1. The van der Waals surface area contributed by atoms with Crippen LogP contribution in [0.2, 0.25) is 5.02 Å². The van der Waals surface area contributed by atoms with Gasteiger partial charge in [0.1, 0.15) is 0 Å². The zero-order valence-corrected chi connectivity index (χ0v) is 10.4. The molecule has 18 heavy (non-hydrogen) atoms. The number of nitrogens with zero attached hydrogens (tertiary/aromatic N) is 1. The summed E-state index contributed by atoms with van der Waals surface area (Å²) >= 11 is 5.79. The molecule has 2 aromatic rings. The van der Waals surface area contributed by atoms with Gasteiger partial charge in [0.25, 0.3) is 0 Å². The van der Waals surface area contributed by atoms with E-state index in [1.54, 1.807) is 0 Å². The molecule has 0 aliphatic rings. The first-order valence-corrected chi connectivity index (χ1v) is 5.28. The highest BCUT2D eigenvalue weighted by Crippen LogP contribution is 2.44. The lowest BCUT2D eigenvalue weighted by molar-refractivity contribution is 0.338. The van der Waals surface area contributed by atoms with Gasteiger partial charge in [-0.3, -0.25) is 0 Å². The number of rotatable bonds is 3. The molecule has 1 aromatic carbocycles. The van der Waals surface area contributed by atoms with Crippen LogP contribution in [0.1, 0.15) is 0 Å². The van der Waals surface area contributed by atoms with Gasteiger partial charge in [-0.05, 0) is 6.07 Å². The van der Waals surface area contributed by atoms with Gasteiger partial charge in [0.2, 0.25) is 5.88 Å². The quantitative estimate of drug-likeness (QED) is 0.930. The molecule has 0 amide bonds. The second-order valence-corrected chi connectivity index (χ2v) is 3.80. The summed E-state index contributed by atoms with van der Waals surface area (Å²) in [6, 6.07) is 1.38. The van der Waals surface area contributed by atoms with Gasteiger partial charge < -0.3 is 19.7 Å². The maximum Gasteiger partial charge on any atom is 0.230 e. The fourth-order valence-electron chi connectivity index (χ4n) is 1.62. The number of hydrogen-bond donors (Lipinski definition) is 1. The third-order valence-electron chi connectivity index (χ3n) is 2.43. The van der Waals surface area contributed by atoms with Crippen LogP contribution in [0.3, 0.4) is 0 Å². The molecule has 96 valence electrons. The Labute approximate surface area is 107 Å². The van der Waals surface area contributed by atoms with Crippen LogP contribution in [0, 0.1) is 5.82 Å². The van der Waals surface area contributed by atoms with E-state index in [4.69, 9.17) is 31.3 Å². The molecule has 0 aliphatic heterocycles. The molecular weight excluding hydrogens is 263 g/mol. The molecule has 0 saturated carbocycles. The third-order valence-corrected chi connectivity index (χ3v) is 2.70. The highest BCUT2D eigenvalue weighted by atomic mass is 35.5. The van der Waals surface area contributed by atoms with Crippen LogP contribution in [0.15, 0.2) is 16.8 Å². The number of ether oxygens (including phenoxy) is 2. The number of benzene rings is 1. The Balaban J connectivity index is 2.75. The average molecular weight is 273 g/mol. The van der Waals surface area contributed by atoms with Crippen LogP contribution in [-0.2, 0) is 0 Å². The van der Waals surface area contributed by atoms with Crippen LogP contribution >= 0.6 is 11.6 Å². The zero-order valence-electron chi connectivity index (χ0n) is 9.66. The molecule has 0 bridgehead atoms. The highest BCUT2D eigenvalue weighted by Gasteiger charge is 2.22. The molecule has 2 rings (SSSR count). The molecule has 0 unspecified atom stereocenters. The predicted molar refractivity (Wildman–Crippen MR) is 64.4 cm³/mol. The Morgan fingerprint density at radius 2 is 1.94 bits per heavy atom. The molecule has 0 atom stereocenters. The number of nitrogens with two attached hydrogens (primary N) is 1. The first-order chi connectivity index (χ1) is 8.60. The maximum atomic E-state index is 13.8. The number of halogens is 2. The van der Waals surface area contributed by atoms with E-state index in [2.05, 4.69) is 5.16 Å². The van der Waals surface area contributed by atoms with Crippen molar-refractivity contribution in [3.05, 3.63) is 23.1 Å². The normalized spacial score (nSPS) is 10.4. The van der Waals surface area contributed by atoms with Gasteiger partial charge in [0, 0.05) is 5.56 Å². The van der Waals surface area contributed by atoms with Crippen LogP contribution in [0.5, 0.6) is 11.5 Å². The molecule has 0 fully saturated rings. The van der Waals surface area contributed by atoms with Gasteiger partial charge in [-0.15, -0.1) is 0 Å². The number of methoxy groups -OCH3 is 2. The number of aromatic nitrogens is 1. The Morgan fingerprint density at radius 3 is 2.44 bits per heavy atom. The molecule has 1 aromatic heterocycles. The van der Waals surface area contributed by atoms with Crippen molar-refractivity contribution in [1.82, 2.24) is 5.16 Å². The number of hydrogen-bond acceptors (Lipinski definition) is 5. The van der Waals surface area contributed by atoms with E-state index in [9.17, 15) is 4.39 Å². The smallest absolute Gasteiger partial charge is 0.230 e. The summed E-state index contributed by atoms with van der Waals surface area (Å²) in [5.74, 6) is -0.539. The molecule has 1 heterocycles. The third kappa shape index (κ3) is 1.84. The molecule has 2 N–H and O–H groups in total. The molecule has 0 saturated heterocycles. The van der Waals surface area contributed by atoms with Crippen molar-refractivity contribution in [3.63, 3.8) is 0 Å².